The van der Waals surface area contributed by atoms with Crippen molar-refractivity contribution in [2.24, 2.45) is 5.92 Å². The Balaban J connectivity index is 1.56. The monoisotopic (exact) mass is 460 g/mol. The van der Waals surface area contributed by atoms with Gasteiger partial charge in [0.1, 0.15) is 11.8 Å². The molecular weight excluding hydrogens is 432 g/mol. The molecule has 0 bridgehead atoms. The van der Waals surface area contributed by atoms with Crippen LogP contribution in [0.4, 0.5) is 0 Å². The fourth-order valence-electron chi connectivity index (χ4n) is 3.51. The lowest BCUT2D eigenvalue weighted by molar-refractivity contribution is -0.131. The van der Waals surface area contributed by atoms with E-state index in [1.54, 1.807) is 37.5 Å². The first-order valence-corrected chi connectivity index (χ1v) is 11.9. The number of hydrogen-bond donors (Lipinski definition) is 2. The van der Waals surface area contributed by atoms with Crippen molar-refractivity contribution in [3.63, 3.8) is 0 Å². The Morgan fingerprint density at radius 2 is 2.00 bits per heavy atom. The first-order valence-electron chi connectivity index (χ1n) is 10.4. The number of nitrogens with one attached hydrogen (secondary N) is 2. The Labute approximate surface area is 188 Å². The number of pyridine rings is 1. The number of rotatable bonds is 8. The molecule has 32 heavy (non-hydrogen) atoms. The Bertz CT molecular complexity index is 1030. The molecule has 2 N–H and O–H groups in total. The van der Waals surface area contributed by atoms with Gasteiger partial charge >= 0.3 is 0 Å². The number of amides is 2. The Hall–Kier alpha value is -2.98. The fourth-order valence-corrected chi connectivity index (χ4v) is 5.04. The van der Waals surface area contributed by atoms with Crippen LogP contribution in [0.25, 0.3) is 0 Å². The predicted octanol–water partition coefficient (Wildman–Crippen LogP) is 1.31. The van der Waals surface area contributed by atoms with Crippen LogP contribution in [-0.2, 0) is 26.2 Å². The van der Waals surface area contributed by atoms with E-state index in [0.29, 0.717) is 31.7 Å². The second-order valence-electron chi connectivity index (χ2n) is 7.69. The molecule has 1 aromatic carbocycles. The number of methoxy groups -OCH3 is 1. The van der Waals surface area contributed by atoms with E-state index in [9.17, 15) is 18.0 Å². The lowest BCUT2D eigenvalue weighted by Crippen LogP contribution is -2.50. The van der Waals surface area contributed by atoms with Gasteiger partial charge in [0.2, 0.25) is 21.8 Å². The first-order chi connectivity index (χ1) is 15.3. The molecule has 0 radical (unpaired) electrons. The SMILES string of the molecule is COc1ccc(S(=O)(=O)N2CCC[C@H](C(=O)N[C@@H](C)C(=O)NCc3cccnc3)C2)cc1. The van der Waals surface area contributed by atoms with Crippen molar-refractivity contribution in [2.75, 3.05) is 20.2 Å². The lowest BCUT2D eigenvalue weighted by Gasteiger charge is -2.31. The average molecular weight is 461 g/mol. The smallest absolute Gasteiger partial charge is 0.243 e. The third-order valence-electron chi connectivity index (χ3n) is 5.39. The molecule has 10 heteroatoms. The molecule has 2 heterocycles. The van der Waals surface area contributed by atoms with Crippen LogP contribution in [0, 0.1) is 5.92 Å². The number of nitrogens with zero attached hydrogens (tertiary/aromatic N) is 2. The minimum atomic E-state index is -3.72. The maximum atomic E-state index is 13.0. The van der Waals surface area contributed by atoms with Crippen LogP contribution in [-0.4, -0.2) is 55.8 Å². The molecule has 0 unspecified atom stereocenters. The highest BCUT2D eigenvalue weighted by molar-refractivity contribution is 7.89. The van der Waals surface area contributed by atoms with Gasteiger partial charge in [0.15, 0.2) is 0 Å². The Morgan fingerprint density at radius 3 is 2.66 bits per heavy atom. The molecule has 2 amide bonds. The topological polar surface area (TPSA) is 118 Å². The highest BCUT2D eigenvalue weighted by Crippen LogP contribution is 2.25. The fraction of sp³-hybridized carbons (Fsp3) is 0.409. The van der Waals surface area contributed by atoms with Crippen molar-refractivity contribution < 1.29 is 22.7 Å². The van der Waals surface area contributed by atoms with Gasteiger partial charge in [-0.25, -0.2) is 8.42 Å². The van der Waals surface area contributed by atoms with Crippen molar-refractivity contribution in [3.8, 4) is 5.75 Å². The molecule has 1 aliphatic rings. The highest BCUT2D eigenvalue weighted by Gasteiger charge is 2.34. The van der Waals surface area contributed by atoms with Gasteiger partial charge in [0.25, 0.3) is 0 Å². The number of ether oxygens (including phenoxy) is 1. The molecule has 1 aliphatic heterocycles. The molecule has 1 fully saturated rings. The molecule has 1 saturated heterocycles. The van der Waals surface area contributed by atoms with Gasteiger partial charge in [-0.3, -0.25) is 14.6 Å². The maximum absolute atomic E-state index is 13.0. The van der Waals surface area contributed by atoms with Crippen molar-refractivity contribution in [1.82, 2.24) is 19.9 Å². The summed E-state index contributed by atoms with van der Waals surface area (Å²) in [6, 6.07) is 9.05. The highest BCUT2D eigenvalue weighted by atomic mass is 32.2. The number of benzene rings is 1. The summed E-state index contributed by atoms with van der Waals surface area (Å²) in [7, 11) is -2.21. The molecule has 172 valence electrons. The minimum Gasteiger partial charge on any atom is -0.497 e. The van der Waals surface area contributed by atoms with Gasteiger partial charge in [0.05, 0.1) is 17.9 Å². The third-order valence-corrected chi connectivity index (χ3v) is 7.27. The number of carbonyl (C=O) groups excluding carboxylic acids is 2. The van der Waals surface area contributed by atoms with Gasteiger partial charge in [0, 0.05) is 32.0 Å². The largest absolute Gasteiger partial charge is 0.497 e. The van der Waals surface area contributed by atoms with E-state index in [-0.39, 0.29) is 23.3 Å². The van der Waals surface area contributed by atoms with Crippen LogP contribution in [0.15, 0.2) is 53.7 Å². The van der Waals surface area contributed by atoms with E-state index in [0.717, 1.165) is 5.56 Å². The number of piperidine rings is 1. The van der Waals surface area contributed by atoms with Crippen LogP contribution in [0.1, 0.15) is 25.3 Å². The molecule has 0 aliphatic carbocycles. The standard InChI is InChI=1S/C22H28N4O5S/c1-16(21(27)24-14-17-5-3-11-23-13-17)25-22(28)18-6-4-12-26(15-18)32(29,30)20-9-7-19(31-2)8-10-20/h3,5,7-11,13,16,18H,4,6,12,14-15H2,1-2H3,(H,24,27)(H,25,28)/t16-,18-/m0/s1. The number of hydrogen-bond acceptors (Lipinski definition) is 6. The Kier molecular flexibility index (Phi) is 7.81. The van der Waals surface area contributed by atoms with Crippen molar-refractivity contribution in [2.45, 2.75) is 37.2 Å². The van der Waals surface area contributed by atoms with E-state index in [1.807, 2.05) is 6.07 Å². The maximum Gasteiger partial charge on any atom is 0.243 e. The predicted molar refractivity (Wildman–Crippen MR) is 118 cm³/mol. The van der Waals surface area contributed by atoms with Gasteiger partial charge in [-0.05, 0) is 55.7 Å². The first kappa shape index (κ1) is 23.7. The summed E-state index contributed by atoms with van der Waals surface area (Å²) < 4.78 is 32.4. The van der Waals surface area contributed by atoms with Crippen molar-refractivity contribution >= 4 is 21.8 Å². The van der Waals surface area contributed by atoms with E-state index < -0.39 is 22.0 Å². The van der Waals surface area contributed by atoms with Crippen LogP contribution >= 0.6 is 0 Å². The summed E-state index contributed by atoms with van der Waals surface area (Å²) in [6.45, 7) is 2.33. The van der Waals surface area contributed by atoms with E-state index in [2.05, 4.69) is 15.6 Å². The second kappa shape index (κ2) is 10.6. The minimum absolute atomic E-state index is 0.0736. The van der Waals surface area contributed by atoms with Crippen LogP contribution in [0.3, 0.4) is 0 Å². The van der Waals surface area contributed by atoms with Gasteiger partial charge in [-0.2, -0.15) is 4.31 Å². The van der Waals surface area contributed by atoms with E-state index in [4.69, 9.17) is 4.74 Å². The number of aromatic nitrogens is 1. The second-order valence-corrected chi connectivity index (χ2v) is 9.63. The normalized spacial score (nSPS) is 17.9. The lowest BCUT2D eigenvalue weighted by atomic mass is 9.98. The zero-order valence-corrected chi connectivity index (χ0v) is 19.0. The van der Waals surface area contributed by atoms with E-state index in [1.165, 1.54) is 23.5 Å². The van der Waals surface area contributed by atoms with Gasteiger partial charge < -0.3 is 15.4 Å². The molecule has 0 saturated carbocycles. The quantitative estimate of drug-likeness (QED) is 0.613. The Morgan fingerprint density at radius 1 is 1.25 bits per heavy atom. The summed E-state index contributed by atoms with van der Waals surface area (Å²) in [4.78, 5) is 29.2. The zero-order chi connectivity index (χ0) is 23.1. The molecule has 1 aromatic heterocycles. The van der Waals surface area contributed by atoms with Gasteiger partial charge in [-0.1, -0.05) is 6.07 Å². The van der Waals surface area contributed by atoms with Crippen LogP contribution in [0.2, 0.25) is 0 Å². The van der Waals surface area contributed by atoms with Gasteiger partial charge in [-0.15, -0.1) is 0 Å². The third kappa shape index (κ3) is 5.83. The van der Waals surface area contributed by atoms with Crippen LogP contribution < -0.4 is 15.4 Å². The molecule has 0 spiro atoms. The summed E-state index contributed by atoms with van der Waals surface area (Å²) >= 11 is 0. The molecule has 2 aromatic rings. The van der Waals surface area contributed by atoms with Crippen molar-refractivity contribution in [3.05, 3.63) is 54.4 Å². The molecular formula is C22H28N4O5S. The van der Waals surface area contributed by atoms with Crippen molar-refractivity contribution in [1.29, 1.82) is 0 Å². The summed E-state index contributed by atoms with van der Waals surface area (Å²) in [5.74, 6) is -0.606. The van der Waals surface area contributed by atoms with E-state index >= 15 is 0 Å². The zero-order valence-electron chi connectivity index (χ0n) is 18.2. The summed E-state index contributed by atoms with van der Waals surface area (Å²) in [6.07, 6.45) is 4.43. The van der Waals surface area contributed by atoms with Crippen LogP contribution in [0.5, 0.6) is 5.75 Å². The average Bonchev–Trinajstić information content (AvgIpc) is 2.83. The number of carbonyl (C=O) groups is 2. The molecule has 3 rings (SSSR count). The summed E-state index contributed by atoms with van der Waals surface area (Å²) in [5.41, 5.74) is 0.853. The molecule has 9 nitrogen and oxygen atoms in total. The summed E-state index contributed by atoms with van der Waals surface area (Å²) in [5, 5.41) is 5.47. The molecule has 2 atom stereocenters. The number of sulfonamides is 1.